The molecule has 7 heteroatoms. The number of methoxy groups -OCH3 is 1. The third-order valence-electron chi connectivity index (χ3n) is 2.45. The van der Waals surface area contributed by atoms with Crippen molar-refractivity contribution < 1.29 is 24.5 Å². The third-order valence-corrected chi connectivity index (χ3v) is 3.14. The summed E-state index contributed by atoms with van der Waals surface area (Å²) in [6, 6.07) is 3.38. The molecule has 1 aromatic rings. The van der Waals surface area contributed by atoms with Gasteiger partial charge in [0.1, 0.15) is 5.75 Å². The molecule has 6 nitrogen and oxygen atoms in total. The molecule has 2 atom stereocenters. The Morgan fingerprint density at radius 2 is 2.05 bits per heavy atom. The average Bonchev–Trinajstić information content (AvgIpc) is 2.35. The molecule has 0 saturated carbocycles. The lowest BCUT2D eigenvalue weighted by molar-refractivity contribution is -0.141. The summed E-state index contributed by atoms with van der Waals surface area (Å²) in [6.45, 7) is 1.29. The van der Waals surface area contributed by atoms with Gasteiger partial charge in [-0.05, 0) is 41.1 Å². The summed E-state index contributed by atoms with van der Waals surface area (Å²) < 4.78 is 5.49. The molecule has 1 rings (SSSR count). The molecule has 0 bridgehead atoms. The summed E-state index contributed by atoms with van der Waals surface area (Å²) in [5.74, 6) is -1.45. The average molecular weight is 332 g/mol. The van der Waals surface area contributed by atoms with Crippen LogP contribution in [0.15, 0.2) is 22.7 Å². The number of hydrogen-bond acceptors (Lipinski definition) is 4. The Morgan fingerprint density at radius 3 is 2.53 bits per heavy atom. The molecule has 0 aliphatic heterocycles. The van der Waals surface area contributed by atoms with E-state index in [9.17, 15) is 14.7 Å². The number of rotatable bonds is 5. The molecule has 0 aliphatic carbocycles. The predicted molar refractivity (Wildman–Crippen MR) is 71.3 cm³/mol. The topological polar surface area (TPSA) is 95.9 Å². The van der Waals surface area contributed by atoms with Gasteiger partial charge in [-0.3, -0.25) is 4.79 Å². The van der Waals surface area contributed by atoms with Gasteiger partial charge in [0.15, 0.2) is 6.04 Å². The first-order valence-electron chi connectivity index (χ1n) is 5.42. The molecule has 1 aromatic carbocycles. The van der Waals surface area contributed by atoms with E-state index in [1.165, 1.54) is 20.1 Å². The minimum Gasteiger partial charge on any atom is -0.497 e. The summed E-state index contributed by atoms with van der Waals surface area (Å²) >= 11 is 3.20. The Hall–Kier alpha value is -1.60. The molecule has 0 aliphatic rings. The van der Waals surface area contributed by atoms with Gasteiger partial charge in [0, 0.05) is 4.47 Å². The summed E-state index contributed by atoms with van der Waals surface area (Å²) in [4.78, 5) is 22.9. The van der Waals surface area contributed by atoms with Crippen molar-refractivity contribution >= 4 is 27.8 Å². The highest BCUT2D eigenvalue weighted by Gasteiger charge is 2.26. The maximum Gasteiger partial charge on any atom is 0.328 e. The molecule has 0 fully saturated rings. The molecule has 0 spiro atoms. The number of benzene rings is 1. The van der Waals surface area contributed by atoms with Gasteiger partial charge in [-0.15, -0.1) is 0 Å². The minimum atomic E-state index is -1.37. The van der Waals surface area contributed by atoms with Crippen molar-refractivity contribution in [3.63, 3.8) is 0 Å². The van der Waals surface area contributed by atoms with E-state index in [2.05, 4.69) is 21.2 Å². The zero-order chi connectivity index (χ0) is 14.6. The first kappa shape index (κ1) is 15.5. The van der Waals surface area contributed by atoms with Gasteiger partial charge in [-0.25, -0.2) is 4.79 Å². The van der Waals surface area contributed by atoms with Crippen LogP contribution in [0, 0.1) is 0 Å². The lowest BCUT2D eigenvalue weighted by Gasteiger charge is -2.17. The first-order valence-corrected chi connectivity index (χ1v) is 6.21. The Kier molecular flexibility index (Phi) is 5.31. The van der Waals surface area contributed by atoms with E-state index in [0.717, 1.165) is 0 Å². The number of amides is 1. The summed E-state index contributed by atoms with van der Waals surface area (Å²) in [5.41, 5.74) is 0.228. The number of aliphatic hydroxyl groups excluding tert-OH is 1. The number of carboxylic acid groups (broad SMARTS) is 1. The maximum atomic E-state index is 12.0. The second kappa shape index (κ2) is 6.53. The normalized spacial score (nSPS) is 13.5. The van der Waals surface area contributed by atoms with Crippen LogP contribution in [0.1, 0.15) is 17.3 Å². The van der Waals surface area contributed by atoms with Gasteiger partial charge in [0.25, 0.3) is 5.91 Å². The van der Waals surface area contributed by atoms with Crippen molar-refractivity contribution in [2.24, 2.45) is 0 Å². The van der Waals surface area contributed by atoms with Crippen LogP contribution in [-0.2, 0) is 4.79 Å². The van der Waals surface area contributed by atoms with Crippen molar-refractivity contribution in [1.82, 2.24) is 5.32 Å². The number of hydrogen-bond donors (Lipinski definition) is 3. The van der Waals surface area contributed by atoms with E-state index in [4.69, 9.17) is 9.84 Å². The molecule has 0 aromatic heterocycles. The highest BCUT2D eigenvalue weighted by molar-refractivity contribution is 9.10. The second-order valence-electron chi connectivity index (χ2n) is 3.88. The summed E-state index contributed by atoms with van der Waals surface area (Å²) in [7, 11) is 1.46. The van der Waals surface area contributed by atoms with Crippen molar-refractivity contribution in [2.45, 2.75) is 19.1 Å². The van der Waals surface area contributed by atoms with Gasteiger partial charge < -0.3 is 20.3 Å². The number of nitrogens with one attached hydrogen (secondary N) is 1. The number of carboxylic acids is 1. The number of aliphatic hydroxyl groups is 1. The van der Waals surface area contributed by atoms with Crippen LogP contribution in [0.2, 0.25) is 0 Å². The van der Waals surface area contributed by atoms with Gasteiger partial charge in [-0.2, -0.15) is 0 Å². The minimum absolute atomic E-state index is 0.228. The Balaban J connectivity index is 2.97. The van der Waals surface area contributed by atoms with Crippen molar-refractivity contribution in [3.05, 3.63) is 28.2 Å². The standard InChI is InChI=1S/C12H14BrNO5/c1-6(15)10(12(17)18)14-11(16)8-5-7(19-2)3-4-9(8)13/h3-6,10,15H,1-2H3,(H,14,16)(H,17,18). The van der Waals surface area contributed by atoms with E-state index in [1.807, 2.05) is 0 Å². The Morgan fingerprint density at radius 1 is 1.42 bits per heavy atom. The van der Waals surface area contributed by atoms with Crippen LogP contribution in [0.5, 0.6) is 5.75 Å². The van der Waals surface area contributed by atoms with Crippen LogP contribution >= 0.6 is 15.9 Å². The fraction of sp³-hybridized carbons (Fsp3) is 0.333. The highest BCUT2D eigenvalue weighted by atomic mass is 79.9. The molecular weight excluding hydrogens is 318 g/mol. The Labute approximate surface area is 118 Å². The summed E-state index contributed by atoms with van der Waals surface area (Å²) in [5, 5.41) is 20.5. The van der Waals surface area contributed by atoms with Crippen molar-refractivity contribution in [2.75, 3.05) is 7.11 Å². The molecule has 104 valence electrons. The molecular formula is C12H14BrNO5. The fourth-order valence-corrected chi connectivity index (χ4v) is 1.84. The Bertz CT molecular complexity index is 489. The van der Waals surface area contributed by atoms with Crippen LogP contribution in [0.25, 0.3) is 0 Å². The summed E-state index contributed by atoms with van der Waals surface area (Å²) in [6.07, 6.45) is -1.20. The quantitative estimate of drug-likeness (QED) is 0.748. The predicted octanol–water partition coefficient (Wildman–Crippen LogP) is 1.02. The zero-order valence-corrected chi connectivity index (χ0v) is 12.0. The van der Waals surface area contributed by atoms with Gasteiger partial charge in [0.2, 0.25) is 0 Å². The SMILES string of the molecule is COc1ccc(Br)c(C(=O)NC(C(=O)O)C(C)O)c1. The smallest absolute Gasteiger partial charge is 0.328 e. The molecule has 0 saturated heterocycles. The van der Waals surface area contributed by atoms with Gasteiger partial charge in [-0.1, -0.05) is 0 Å². The van der Waals surface area contributed by atoms with Crippen LogP contribution in [0.3, 0.4) is 0 Å². The van der Waals surface area contributed by atoms with Crippen LogP contribution < -0.4 is 10.1 Å². The number of ether oxygens (including phenoxy) is 1. The largest absolute Gasteiger partial charge is 0.497 e. The van der Waals surface area contributed by atoms with Gasteiger partial charge in [0.05, 0.1) is 18.8 Å². The fourth-order valence-electron chi connectivity index (χ4n) is 1.41. The maximum absolute atomic E-state index is 12.0. The molecule has 0 heterocycles. The lowest BCUT2D eigenvalue weighted by Crippen LogP contribution is -2.47. The number of carbonyl (C=O) groups excluding carboxylic acids is 1. The number of carbonyl (C=O) groups is 2. The van der Waals surface area contributed by atoms with E-state index >= 15 is 0 Å². The number of aliphatic carboxylic acids is 1. The first-order chi connectivity index (χ1) is 8.86. The van der Waals surface area contributed by atoms with E-state index in [1.54, 1.807) is 12.1 Å². The molecule has 2 unspecified atom stereocenters. The monoisotopic (exact) mass is 331 g/mol. The van der Waals surface area contributed by atoms with Gasteiger partial charge >= 0.3 is 5.97 Å². The van der Waals surface area contributed by atoms with E-state index < -0.39 is 24.0 Å². The lowest BCUT2D eigenvalue weighted by atomic mass is 10.1. The third kappa shape index (κ3) is 3.93. The molecule has 1 amide bonds. The van der Waals surface area contributed by atoms with Crippen molar-refractivity contribution in [1.29, 1.82) is 0 Å². The van der Waals surface area contributed by atoms with Crippen LogP contribution in [0.4, 0.5) is 0 Å². The highest BCUT2D eigenvalue weighted by Crippen LogP contribution is 2.22. The molecule has 0 radical (unpaired) electrons. The molecule has 3 N–H and O–H groups in total. The molecule has 19 heavy (non-hydrogen) atoms. The number of halogens is 1. The van der Waals surface area contributed by atoms with Crippen LogP contribution in [-0.4, -0.2) is 41.3 Å². The van der Waals surface area contributed by atoms with Crippen molar-refractivity contribution in [3.8, 4) is 5.75 Å². The zero-order valence-electron chi connectivity index (χ0n) is 10.4. The second-order valence-corrected chi connectivity index (χ2v) is 4.73. The van der Waals surface area contributed by atoms with E-state index in [0.29, 0.717) is 10.2 Å². The van der Waals surface area contributed by atoms with E-state index in [-0.39, 0.29) is 5.56 Å².